The predicted octanol–water partition coefficient (Wildman–Crippen LogP) is 2.79. The van der Waals surface area contributed by atoms with Crippen molar-refractivity contribution in [1.29, 1.82) is 0 Å². The molecule has 0 N–H and O–H groups in total. The highest BCUT2D eigenvalue weighted by Gasteiger charge is 2.49. The van der Waals surface area contributed by atoms with Gasteiger partial charge >= 0.3 is 5.97 Å². The van der Waals surface area contributed by atoms with Crippen LogP contribution in [0.1, 0.15) is 18.4 Å². The minimum atomic E-state index is -1.24. The van der Waals surface area contributed by atoms with Crippen LogP contribution < -0.4 is 0 Å². The molecule has 1 aliphatic rings. The van der Waals surface area contributed by atoms with Crippen molar-refractivity contribution in [3.63, 3.8) is 0 Å². The summed E-state index contributed by atoms with van der Waals surface area (Å²) in [5, 5.41) is 0. The van der Waals surface area contributed by atoms with Crippen LogP contribution in [-0.2, 0) is 19.1 Å². The first-order valence-corrected chi connectivity index (χ1v) is 7.20. The molecule has 2 rings (SSSR count). The van der Waals surface area contributed by atoms with Crippen molar-refractivity contribution in [1.82, 2.24) is 0 Å². The van der Waals surface area contributed by atoms with Gasteiger partial charge in [0.2, 0.25) is 0 Å². The van der Waals surface area contributed by atoms with Gasteiger partial charge in [0.15, 0.2) is 11.2 Å². The van der Waals surface area contributed by atoms with Crippen molar-refractivity contribution in [2.75, 3.05) is 13.7 Å². The number of allylic oxidation sites excluding steroid dienone is 1. The molecular formula is C18H20O4. The lowest BCUT2D eigenvalue weighted by molar-refractivity contribution is -0.169. The van der Waals surface area contributed by atoms with Crippen LogP contribution >= 0.6 is 0 Å². The van der Waals surface area contributed by atoms with Crippen LogP contribution in [0.25, 0.3) is 6.08 Å². The molecule has 1 aliphatic heterocycles. The molecule has 2 atom stereocenters. The molecule has 4 nitrogen and oxygen atoms in total. The SMILES string of the molecule is C=CC[C@]1(C(=O)OC)CO[C@H](/C=C/c2ccccc2)CC1=O. The van der Waals surface area contributed by atoms with Crippen LogP contribution in [0.3, 0.4) is 0 Å². The Labute approximate surface area is 130 Å². The quantitative estimate of drug-likeness (QED) is 0.477. The zero-order chi connectivity index (χ0) is 16.0. The van der Waals surface area contributed by atoms with Gasteiger partial charge in [-0.3, -0.25) is 9.59 Å². The Bertz CT molecular complexity index is 576. The molecule has 0 unspecified atom stereocenters. The van der Waals surface area contributed by atoms with Crippen molar-refractivity contribution in [3.05, 3.63) is 54.6 Å². The van der Waals surface area contributed by atoms with Crippen molar-refractivity contribution in [2.45, 2.75) is 18.9 Å². The van der Waals surface area contributed by atoms with Crippen LogP contribution in [0.4, 0.5) is 0 Å². The lowest BCUT2D eigenvalue weighted by Gasteiger charge is -2.34. The summed E-state index contributed by atoms with van der Waals surface area (Å²) in [6, 6.07) is 9.77. The van der Waals surface area contributed by atoms with Gasteiger partial charge in [0, 0.05) is 6.42 Å². The molecule has 0 bridgehead atoms. The van der Waals surface area contributed by atoms with E-state index in [0.29, 0.717) is 0 Å². The third-order valence-electron chi connectivity index (χ3n) is 3.84. The van der Waals surface area contributed by atoms with E-state index in [1.807, 2.05) is 42.5 Å². The predicted molar refractivity (Wildman–Crippen MR) is 84.1 cm³/mol. The Kier molecular flexibility index (Phi) is 5.28. The fourth-order valence-electron chi connectivity index (χ4n) is 2.54. The number of rotatable bonds is 5. The summed E-state index contributed by atoms with van der Waals surface area (Å²) < 4.78 is 10.5. The first-order chi connectivity index (χ1) is 10.6. The molecule has 22 heavy (non-hydrogen) atoms. The monoisotopic (exact) mass is 300 g/mol. The van der Waals surface area contributed by atoms with E-state index in [1.165, 1.54) is 7.11 Å². The van der Waals surface area contributed by atoms with E-state index in [1.54, 1.807) is 6.08 Å². The van der Waals surface area contributed by atoms with Crippen molar-refractivity contribution >= 4 is 17.8 Å². The Morgan fingerprint density at radius 1 is 1.45 bits per heavy atom. The number of hydrogen-bond donors (Lipinski definition) is 0. The standard InChI is InChI=1S/C18H20O4/c1-3-11-18(17(20)21-2)13-22-15(12-16(18)19)10-9-14-7-5-4-6-8-14/h3-10,15H,1,11-13H2,2H3/b10-9+/t15-,18+/m1/s1. The molecule has 0 saturated carbocycles. The van der Waals surface area contributed by atoms with Crippen molar-refractivity contribution in [3.8, 4) is 0 Å². The van der Waals surface area contributed by atoms with E-state index in [-0.39, 0.29) is 31.3 Å². The normalized spacial score (nSPS) is 25.1. The van der Waals surface area contributed by atoms with Gasteiger partial charge in [-0.05, 0) is 12.0 Å². The van der Waals surface area contributed by atoms with Crippen LogP contribution in [-0.4, -0.2) is 31.6 Å². The van der Waals surface area contributed by atoms with Crippen LogP contribution in [0.15, 0.2) is 49.1 Å². The first kappa shape index (κ1) is 16.2. The fourth-order valence-corrected chi connectivity index (χ4v) is 2.54. The summed E-state index contributed by atoms with van der Waals surface area (Å²) >= 11 is 0. The minimum Gasteiger partial charge on any atom is -0.468 e. The van der Waals surface area contributed by atoms with Gasteiger partial charge in [-0.25, -0.2) is 0 Å². The van der Waals surface area contributed by atoms with E-state index in [9.17, 15) is 9.59 Å². The second-order valence-corrected chi connectivity index (χ2v) is 5.31. The van der Waals surface area contributed by atoms with Crippen LogP contribution in [0.2, 0.25) is 0 Å². The molecule has 1 fully saturated rings. The lowest BCUT2D eigenvalue weighted by atomic mass is 9.77. The number of carbonyl (C=O) groups is 2. The Hall–Kier alpha value is -2.20. The van der Waals surface area contributed by atoms with Gasteiger partial charge in [0.25, 0.3) is 0 Å². The maximum Gasteiger partial charge on any atom is 0.322 e. The van der Waals surface area contributed by atoms with E-state index < -0.39 is 11.4 Å². The number of ketones is 1. The largest absolute Gasteiger partial charge is 0.468 e. The average molecular weight is 300 g/mol. The highest BCUT2D eigenvalue weighted by molar-refractivity contribution is 6.05. The number of carbonyl (C=O) groups excluding carboxylic acids is 2. The van der Waals surface area contributed by atoms with Gasteiger partial charge in [-0.1, -0.05) is 48.6 Å². The summed E-state index contributed by atoms with van der Waals surface area (Å²) in [4.78, 5) is 24.5. The summed E-state index contributed by atoms with van der Waals surface area (Å²) in [5.74, 6) is -0.712. The van der Waals surface area contributed by atoms with Gasteiger partial charge in [-0.2, -0.15) is 0 Å². The molecule has 1 saturated heterocycles. The molecule has 0 aromatic heterocycles. The van der Waals surface area contributed by atoms with Gasteiger partial charge in [-0.15, -0.1) is 6.58 Å². The number of Topliss-reactive ketones (excluding diaryl/α,β-unsaturated/α-hetero) is 1. The van der Waals surface area contributed by atoms with Gasteiger partial charge < -0.3 is 9.47 Å². The van der Waals surface area contributed by atoms with E-state index >= 15 is 0 Å². The summed E-state index contributed by atoms with van der Waals surface area (Å²) in [5.41, 5.74) is -0.206. The summed E-state index contributed by atoms with van der Waals surface area (Å²) in [6.45, 7) is 3.64. The highest BCUT2D eigenvalue weighted by atomic mass is 16.5. The molecule has 0 aliphatic carbocycles. The Balaban J connectivity index is 2.08. The number of hydrogen-bond acceptors (Lipinski definition) is 4. The van der Waals surface area contributed by atoms with Gasteiger partial charge in [0.1, 0.15) is 0 Å². The second kappa shape index (κ2) is 7.18. The molecule has 1 aromatic carbocycles. The van der Waals surface area contributed by atoms with Crippen molar-refractivity contribution < 1.29 is 19.1 Å². The van der Waals surface area contributed by atoms with Crippen LogP contribution in [0.5, 0.6) is 0 Å². The zero-order valence-electron chi connectivity index (χ0n) is 12.7. The second-order valence-electron chi connectivity index (χ2n) is 5.31. The maximum atomic E-state index is 12.5. The molecule has 0 radical (unpaired) electrons. The molecule has 0 spiro atoms. The highest BCUT2D eigenvalue weighted by Crippen LogP contribution is 2.33. The first-order valence-electron chi connectivity index (χ1n) is 7.20. The topological polar surface area (TPSA) is 52.6 Å². The number of esters is 1. The maximum absolute atomic E-state index is 12.5. The third-order valence-corrected chi connectivity index (χ3v) is 3.84. The summed E-state index contributed by atoms with van der Waals surface area (Å²) in [7, 11) is 1.28. The number of ether oxygens (including phenoxy) is 2. The molecule has 116 valence electrons. The molecule has 4 heteroatoms. The van der Waals surface area contributed by atoms with E-state index in [0.717, 1.165) is 5.56 Å². The molecular weight excluding hydrogens is 280 g/mol. The molecule has 0 amide bonds. The summed E-state index contributed by atoms with van der Waals surface area (Å²) in [6.07, 6.45) is 5.38. The Morgan fingerprint density at radius 3 is 2.77 bits per heavy atom. The van der Waals surface area contributed by atoms with E-state index in [2.05, 4.69) is 6.58 Å². The van der Waals surface area contributed by atoms with Crippen molar-refractivity contribution in [2.24, 2.45) is 5.41 Å². The van der Waals surface area contributed by atoms with Crippen LogP contribution in [0, 0.1) is 5.41 Å². The average Bonchev–Trinajstić information content (AvgIpc) is 2.55. The third kappa shape index (κ3) is 3.34. The minimum absolute atomic E-state index is 0.0221. The van der Waals surface area contributed by atoms with E-state index in [4.69, 9.17) is 9.47 Å². The number of benzene rings is 1. The molecule has 1 aromatic rings. The lowest BCUT2D eigenvalue weighted by Crippen LogP contribution is -2.49. The van der Waals surface area contributed by atoms with Gasteiger partial charge in [0.05, 0.1) is 19.8 Å². The zero-order valence-corrected chi connectivity index (χ0v) is 12.7. The number of methoxy groups -OCH3 is 1. The fraction of sp³-hybridized carbons (Fsp3) is 0.333. The smallest absolute Gasteiger partial charge is 0.322 e. The molecule has 1 heterocycles. The Morgan fingerprint density at radius 2 is 2.18 bits per heavy atom.